The van der Waals surface area contributed by atoms with Crippen LogP contribution in [0.2, 0.25) is 0 Å². The fourth-order valence-electron chi connectivity index (χ4n) is 3.63. The fourth-order valence-corrected chi connectivity index (χ4v) is 3.88. The Balaban J connectivity index is 1.45. The maximum absolute atomic E-state index is 10.1. The zero-order valence-corrected chi connectivity index (χ0v) is 17.1. The normalized spacial score (nSPS) is 15.1. The van der Waals surface area contributed by atoms with Crippen molar-refractivity contribution in [2.75, 3.05) is 31.1 Å². The first-order valence-electron chi connectivity index (χ1n) is 9.50. The Hall–Kier alpha value is -2.64. The maximum atomic E-state index is 10.1. The van der Waals surface area contributed by atoms with Crippen LogP contribution in [0.25, 0.3) is 5.69 Å². The predicted molar refractivity (Wildman–Crippen MR) is 114 cm³/mol. The molecule has 0 unspecified atom stereocenters. The minimum atomic E-state index is 0.338. The summed E-state index contributed by atoms with van der Waals surface area (Å²) in [6.45, 7) is 8.36. The molecule has 1 N–H and O–H groups in total. The summed E-state index contributed by atoms with van der Waals surface area (Å²) >= 11 is 5.69. The lowest BCUT2D eigenvalue weighted by atomic mass is 10.1. The van der Waals surface area contributed by atoms with Crippen LogP contribution >= 0.6 is 12.2 Å². The third-order valence-corrected chi connectivity index (χ3v) is 5.69. The molecule has 0 saturated carbocycles. The molecule has 7 heteroatoms. The second-order valence-corrected chi connectivity index (χ2v) is 7.67. The SMILES string of the molecule is Cc1ccc(C)c(-n2cnn(CN3CCN(c4ccccc4O)CC3)c2=S)c1. The van der Waals surface area contributed by atoms with Crippen molar-refractivity contribution in [2.45, 2.75) is 20.5 Å². The van der Waals surface area contributed by atoms with E-state index in [0.29, 0.717) is 17.2 Å². The number of aromatic hydroxyl groups is 1. The number of piperazine rings is 1. The van der Waals surface area contributed by atoms with E-state index < -0.39 is 0 Å². The lowest BCUT2D eigenvalue weighted by Gasteiger charge is -2.36. The minimum absolute atomic E-state index is 0.338. The van der Waals surface area contributed by atoms with E-state index >= 15 is 0 Å². The molecule has 1 saturated heterocycles. The first kappa shape index (κ1) is 18.7. The number of nitrogens with zero attached hydrogens (tertiary/aromatic N) is 5. The Kier molecular flexibility index (Phi) is 5.19. The molecule has 146 valence electrons. The summed E-state index contributed by atoms with van der Waals surface area (Å²) in [5.41, 5.74) is 4.37. The molecule has 1 aliphatic heterocycles. The van der Waals surface area contributed by atoms with Gasteiger partial charge in [0.25, 0.3) is 0 Å². The lowest BCUT2D eigenvalue weighted by Crippen LogP contribution is -2.47. The van der Waals surface area contributed by atoms with E-state index in [1.54, 1.807) is 6.07 Å². The van der Waals surface area contributed by atoms with Crippen molar-refractivity contribution in [3.05, 3.63) is 64.7 Å². The summed E-state index contributed by atoms with van der Waals surface area (Å²) in [5.74, 6) is 0.338. The number of para-hydroxylation sites is 2. The third kappa shape index (κ3) is 3.68. The standard InChI is InChI=1S/C21H25N5OS/c1-16-7-8-17(2)19(13-16)25-14-22-26(21(25)28)15-23-9-11-24(12-10-23)18-5-3-4-6-20(18)27/h3-8,13-14,27H,9-12,15H2,1-2H3. The van der Waals surface area contributed by atoms with E-state index in [1.165, 1.54) is 11.1 Å². The summed E-state index contributed by atoms with van der Waals surface area (Å²) < 4.78 is 4.57. The van der Waals surface area contributed by atoms with Gasteiger partial charge in [0.15, 0.2) is 0 Å². The molecule has 4 rings (SSSR count). The Morgan fingerprint density at radius 2 is 1.75 bits per heavy atom. The molecule has 1 aliphatic rings. The van der Waals surface area contributed by atoms with E-state index in [2.05, 4.69) is 46.9 Å². The minimum Gasteiger partial charge on any atom is -0.506 e. The van der Waals surface area contributed by atoms with Crippen LogP contribution in [0.5, 0.6) is 5.75 Å². The topological polar surface area (TPSA) is 49.5 Å². The van der Waals surface area contributed by atoms with Crippen LogP contribution in [-0.4, -0.2) is 50.5 Å². The van der Waals surface area contributed by atoms with Gasteiger partial charge in [-0.05, 0) is 55.4 Å². The molecule has 2 heterocycles. The number of anilines is 1. The molecule has 28 heavy (non-hydrogen) atoms. The highest BCUT2D eigenvalue weighted by Gasteiger charge is 2.20. The average molecular weight is 396 g/mol. The average Bonchev–Trinajstić information content (AvgIpc) is 3.05. The highest BCUT2D eigenvalue weighted by Crippen LogP contribution is 2.27. The van der Waals surface area contributed by atoms with Gasteiger partial charge in [0.2, 0.25) is 4.77 Å². The molecule has 6 nitrogen and oxygen atoms in total. The number of aryl methyl sites for hydroxylation is 2. The van der Waals surface area contributed by atoms with Crippen molar-refractivity contribution >= 4 is 17.9 Å². The highest BCUT2D eigenvalue weighted by atomic mass is 32.1. The smallest absolute Gasteiger partial charge is 0.203 e. The van der Waals surface area contributed by atoms with Gasteiger partial charge in [-0.3, -0.25) is 9.47 Å². The second kappa shape index (κ2) is 7.77. The number of hydrogen-bond acceptors (Lipinski definition) is 5. The van der Waals surface area contributed by atoms with Crippen LogP contribution < -0.4 is 4.90 Å². The molecule has 0 radical (unpaired) electrons. The van der Waals surface area contributed by atoms with Crippen LogP contribution in [0.4, 0.5) is 5.69 Å². The van der Waals surface area contributed by atoms with E-state index in [4.69, 9.17) is 12.2 Å². The van der Waals surface area contributed by atoms with Crippen molar-refractivity contribution in [3.8, 4) is 11.4 Å². The first-order valence-corrected chi connectivity index (χ1v) is 9.91. The highest BCUT2D eigenvalue weighted by molar-refractivity contribution is 7.71. The van der Waals surface area contributed by atoms with Gasteiger partial charge in [0.05, 0.1) is 18.0 Å². The van der Waals surface area contributed by atoms with E-state index in [1.807, 2.05) is 33.8 Å². The van der Waals surface area contributed by atoms with E-state index in [0.717, 1.165) is 37.6 Å². The van der Waals surface area contributed by atoms with Gasteiger partial charge in [-0.15, -0.1) is 0 Å². The number of rotatable bonds is 4. The Bertz CT molecular complexity index is 1030. The number of phenolic OH excluding ortho intramolecular Hbond substituents is 1. The molecule has 0 amide bonds. The largest absolute Gasteiger partial charge is 0.506 e. The molecular weight excluding hydrogens is 370 g/mol. The van der Waals surface area contributed by atoms with Gasteiger partial charge in [0, 0.05) is 26.2 Å². The molecule has 0 spiro atoms. The molecule has 2 aromatic carbocycles. The molecule has 3 aromatic rings. The van der Waals surface area contributed by atoms with Gasteiger partial charge in [-0.2, -0.15) is 5.10 Å². The van der Waals surface area contributed by atoms with Crippen LogP contribution in [0.1, 0.15) is 11.1 Å². The van der Waals surface area contributed by atoms with Crippen molar-refractivity contribution in [1.29, 1.82) is 0 Å². The number of aromatic nitrogens is 3. The summed E-state index contributed by atoms with van der Waals surface area (Å²) in [5, 5.41) is 14.6. The Labute approximate surface area is 170 Å². The summed E-state index contributed by atoms with van der Waals surface area (Å²) in [4.78, 5) is 4.56. The number of hydrogen-bond donors (Lipinski definition) is 1. The summed E-state index contributed by atoms with van der Waals surface area (Å²) in [6.07, 6.45) is 1.81. The molecule has 0 bridgehead atoms. The zero-order valence-electron chi connectivity index (χ0n) is 16.2. The summed E-state index contributed by atoms with van der Waals surface area (Å²) in [6, 6.07) is 13.9. The van der Waals surface area contributed by atoms with Gasteiger partial charge < -0.3 is 10.0 Å². The zero-order chi connectivity index (χ0) is 19.7. The maximum Gasteiger partial charge on any atom is 0.203 e. The van der Waals surface area contributed by atoms with Crippen molar-refractivity contribution < 1.29 is 5.11 Å². The van der Waals surface area contributed by atoms with Gasteiger partial charge >= 0.3 is 0 Å². The lowest BCUT2D eigenvalue weighted by molar-refractivity contribution is 0.194. The van der Waals surface area contributed by atoms with E-state index in [9.17, 15) is 5.11 Å². The van der Waals surface area contributed by atoms with Gasteiger partial charge in [-0.25, -0.2) is 4.68 Å². The van der Waals surface area contributed by atoms with Crippen LogP contribution in [0.15, 0.2) is 48.8 Å². The van der Waals surface area contributed by atoms with Gasteiger partial charge in [0.1, 0.15) is 12.1 Å². The van der Waals surface area contributed by atoms with Crippen molar-refractivity contribution in [3.63, 3.8) is 0 Å². The molecule has 1 fully saturated rings. The Morgan fingerprint density at radius 3 is 2.50 bits per heavy atom. The van der Waals surface area contributed by atoms with Crippen LogP contribution in [0.3, 0.4) is 0 Å². The van der Waals surface area contributed by atoms with Crippen LogP contribution in [0, 0.1) is 18.6 Å². The molecular formula is C21H25N5OS. The third-order valence-electron chi connectivity index (χ3n) is 5.29. The number of benzene rings is 2. The molecule has 0 aliphatic carbocycles. The summed E-state index contributed by atoms with van der Waals surface area (Å²) in [7, 11) is 0. The van der Waals surface area contributed by atoms with E-state index in [-0.39, 0.29) is 0 Å². The monoisotopic (exact) mass is 395 g/mol. The van der Waals surface area contributed by atoms with Crippen molar-refractivity contribution in [2.24, 2.45) is 0 Å². The predicted octanol–water partition coefficient (Wildman–Crippen LogP) is 3.51. The van der Waals surface area contributed by atoms with Gasteiger partial charge in [-0.1, -0.05) is 24.3 Å². The van der Waals surface area contributed by atoms with Crippen molar-refractivity contribution in [1.82, 2.24) is 19.2 Å². The second-order valence-electron chi connectivity index (χ2n) is 7.31. The molecule has 0 atom stereocenters. The first-order chi connectivity index (χ1) is 13.5. The van der Waals surface area contributed by atoms with Crippen LogP contribution in [-0.2, 0) is 6.67 Å². The number of phenols is 1. The Morgan fingerprint density at radius 1 is 1.00 bits per heavy atom. The molecule has 1 aromatic heterocycles. The fraction of sp³-hybridized carbons (Fsp3) is 0.333. The quantitative estimate of drug-likeness (QED) is 0.685.